The van der Waals surface area contributed by atoms with Crippen molar-refractivity contribution in [2.45, 2.75) is 56.0 Å². The molecule has 2 aromatic carbocycles. The smallest absolute Gasteiger partial charge is 0.192 e. The highest BCUT2D eigenvalue weighted by Crippen LogP contribution is 2.37. The summed E-state index contributed by atoms with van der Waals surface area (Å²) >= 11 is 1.74. The summed E-state index contributed by atoms with van der Waals surface area (Å²) in [6.45, 7) is 2.11. The summed E-state index contributed by atoms with van der Waals surface area (Å²) in [5.74, 6) is 3.53. The molecule has 0 saturated heterocycles. The Balaban J connectivity index is 1.65. The Bertz CT molecular complexity index is 979. The molecule has 1 saturated carbocycles. The van der Waals surface area contributed by atoms with Gasteiger partial charge in [0.05, 0.1) is 14.2 Å². The van der Waals surface area contributed by atoms with E-state index in [1.54, 1.807) is 26.0 Å². The lowest BCUT2D eigenvalue weighted by molar-refractivity contribution is 0.339. The molecule has 0 unspecified atom stereocenters. The van der Waals surface area contributed by atoms with Gasteiger partial charge in [0.25, 0.3) is 0 Å². The molecule has 0 spiro atoms. The maximum atomic E-state index is 5.56. The third-order valence-electron chi connectivity index (χ3n) is 5.75. The van der Waals surface area contributed by atoms with Crippen LogP contribution in [0.3, 0.4) is 0 Å². The van der Waals surface area contributed by atoms with Gasteiger partial charge in [-0.1, -0.05) is 48.7 Å². The lowest BCUT2D eigenvalue weighted by Crippen LogP contribution is -2.15. The minimum atomic E-state index is 0.452. The fourth-order valence-corrected chi connectivity index (χ4v) is 5.13. The second-order valence-corrected chi connectivity index (χ2v) is 8.74. The minimum Gasteiger partial charge on any atom is -0.497 e. The second-order valence-electron chi connectivity index (χ2n) is 7.80. The van der Waals surface area contributed by atoms with Crippen LogP contribution < -0.4 is 9.47 Å². The van der Waals surface area contributed by atoms with Crippen LogP contribution in [0.15, 0.2) is 47.6 Å². The zero-order valence-corrected chi connectivity index (χ0v) is 18.7. The Hall–Kier alpha value is -2.47. The van der Waals surface area contributed by atoms with E-state index in [1.807, 2.05) is 18.2 Å². The minimum absolute atomic E-state index is 0.452. The van der Waals surface area contributed by atoms with Gasteiger partial charge < -0.3 is 9.47 Å². The number of nitrogens with zero attached hydrogens (tertiary/aromatic N) is 3. The van der Waals surface area contributed by atoms with Crippen LogP contribution >= 0.6 is 11.8 Å². The molecule has 0 atom stereocenters. The first-order chi connectivity index (χ1) is 14.7. The molecule has 0 bridgehead atoms. The first-order valence-electron chi connectivity index (χ1n) is 10.5. The van der Waals surface area contributed by atoms with Crippen molar-refractivity contribution in [3.05, 3.63) is 53.6 Å². The predicted octanol–water partition coefficient (Wildman–Crippen LogP) is 6.07. The van der Waals surface area contributed by atoms with E-state index in [0.717, 1.165) is 33.8 Å². The normalized spacial score (nSPS) is 14.6. The number of aromatic nitrogens is 3. The van der Waals surface area contributed by atoms with Crippen molar-refractivity contribution in [2.24, 2.45) is 0 Å². The molecular formula is C24H29N3O2S. The van der Waals surface area contributed by atoms with Crippen LogP contribution in [0.4, 0.5) is 0 Å². The molecule has 0 aliphatic heterocycles. The van der Waals surface area contributed by atoms with Crippen molar-refractivity contribution >= 4 is 11.8 Å². The molecule has 0 N–H and O–H groups in total. The van der Waals surface area contributed by atoms with Gasteiger partial charge in [0.1, 0.15) is 11.5 Å². The number of methoxy groups -OCH3 is 2. The predicted molar refractivity (Wildman–Crippen MR) is 121 cm³/mol. The molecular weight excluding hydrogens is 394 g/mol. The van der Waals surface area contributed by atoms with E-state index in [0.29, 0.717) is 6.04 Å². The van der Waals surface area contributed by atoms with Crippen LogP contribution in [0.2, 0.25) is 0 Å². The monoisotopic (exact) mass is 423 g/mol. The van der Waals surface area contributed by atoms with Gasteiger partial charge in [-0.15, -0.1) is 10.2 Å². The molecule has 0 amide bonds. The van der Waals surface area contributed by atoms with Crippen molar-refractivity contribution in [3.63, 3.8) is 0 Å². The van der Waals surface area contributed by atoms with Gasteiger partial charge in [0.2, 0.25) is 0 Å². The van der Waals surface area contributed by atoms with E-state index in [9.17, 15) is 0 Å². The fourth-order valence-electron chi connectivity index (χ4n) is 4.14. The zero-order valence-electron chi connectivity index (χ0n) is 17.9. The average molecular weight is 424 g/mol. The van der Waals surface area contributed by atoms with Crippen LogP contribution in [0.25, 0.3) is 11.4 Å². The Morgan fingerprint density at radius 1 is 0.967 bits per heavy atom. The summed E-state index contributed by atoms with van der Waals surface area (Å²) in [6.07, 6.45) is 6.21. The number of ether oxygens (including phenoxy) is 2. The highest BCUT2D eigenvalue weighted by Gasteiger charge is 2.24. The highest BCUT2D eigenvalue weighted by atomic mass is 32.2. The zero-order chi connectivity index (χ0) is 20.9. The van der Waals surface area contributed by atoms with Gasteiger partial charge in [0, 0.05) is 22.9 Å². The van der Waals surface area contributed by atoms with Gasteiger partial charge >= 0.3 is 0 Å². The van der Waals surface area contributed by atoms with Crippen molar-refractivity contribution in [3.8, 4) is 22.9 Å². The molecule has 6 heteroatoms. The maximum Gasteiger partial charge on any atom is 0.192 e. The molecule has 4 rings (SSSR count). The van der Waals surface area contributed by atoms with Crippen LogP contribution in [0, 0.1) is 6.92 Å². The third-order valence-corrected chi connectivity index (χ3v) is 6.74. The summed E-state index contributed by atoms with van der Waals surface area (Å²) < 4.78 is 13.2. The molecule has 1 aliphatic rings. The van der Waals surface area contributed by atoms with Gasteiger partial charge in [-0.05, 0) is 50.1 Å². The molecule has 3 aromatic rings. The van der Waals surface area contributed by atoms with E-state index in [-0.39, 0.29) is 0 Å². The van der Waals surface area contributed by atoms with Crippen LogP contribution in [-0.2, 0) is 5.75 Å². The summed E-state index contributed by atoms with van der Waals surface area (Å²) in [6, 6.07) is 14.9. The van der Waals surface area contributed by atoms with E-state index in [2.05, 4.69) is 46.0 Å². The lowest BCUT2D eigenvalue weighted by atomic mass is 9.95. The first-order valence-corrected chi connectivity index (χ1v) is 11.5. The van der Waals surface area contributed by atoms with Crippen LogP contribution in [0.1, 0.15) is 49.3 Å². The number of thioether (sulfide) groups is 1. The molecule has 1 fully saturated rings. The SMILES string of the molecule is COc1ccc(-c2nnc(SCc3cc(C)ccc3OC)n2C2CCCCC2)cc1. The third kappa shape index (κ3) is 4.48. The Kier molecular flexibility index (Phi) is 6.62. The standard InChI is InChI=1S/C24H29N3O2S/c1-17-9-14-22(29-3)19(15-17)16-30-24-26-25-23(18-10-12-21(28-2)13-11-18)27(24)20-7-5-4-6-8-20/h9-15,20H,4-8,16H2,1-3H3. The van der Waals surface area contributed by atoms with Crippen molar-refractivity contribution in [1.82, 2.24) is 14.8 Å². The van der Waals surface area contributed by atoms with E-state index in [4.69, 9.17) is 9.47 Å². The van der Waals surface area contributed by atoms with Crippen molar-refractivity contribution in [1.29, 1.82) is 0 Å². The fraction of sp³-hybridized carbons (Fsp3) is 0.417. The van der Waals surface area contributed by atoms with E-state index >= 15 is 0 Å². The topological polar surface area (TPSA) is 49.2 Å². The second kappa shape index (κ2) is 9.56. The molecule has 1 aromatic heterocycles. The summed E-state index contributed by atoms with van der Waals surface area (Å²) in [4.78, 5) is 0. The lowest BCUT2D eigenvalue weighted by Gasteiger charge is -2.25. The largest absolute Gasteiger partial charge is 0.497 e. The molecule has 0 radical (unpaired) electrons. The number of hydrogen-bond acceptors (Lipinski definition) is 5. The average Bonchev–Trinajstić information content (AvgIpc) is 3.22. The number of benzene rings is 2. The van der Waals surface area contributed by atoms with Crippen molar-refractivity contribution < 1.29 is 9.47 Å². The molecule has 1 aliphatic carbocycles. The Labute approximate surface area is 182 Å². The van der Waals surface area contributed by atoms with E-state index < -0.39 is 0 Å². The Morgan fingerprint density at radius 3 is 2.43 bits per heavy atom. The van der Waals surface area contributed by atoms with Crippen LogP contribution in [-0.4, -0.2) is 29.0 Å². The van der Waals surface area contributed by atoms with Crippen molar-refractivity contribution in [2.75, 3.05) is 14.2 Å². The molecule has 5 nitrogen and oxygen atoms in total. The van der Waals surface area contributed by atoms with E-state index in [1.165, 1.54) is 43.2 Å². The maximum absolute atomic E-state index is 5.56. The van der Waals surface area contributed by atoms with Gasteiger partial charge in [-0.2, -0.15) is 0 Å². The molecule has 1 heterocycles. The number of rotatable bonds is 7. The molecule has 30 heavy (non-hydrogen) atoms. The number of aryl methyl sites for hydroxylation is 1. The first kappa shape index (κ1) is 20.8. The molecule has 158 valence electrons. The van der Waals surface area contributed by atoms with Gasteiger partial charge in [0.15, 0.2) is 11.0 Å². The number of hydrogen-bond donors (Lipinski definition) is 0. The summed E-state index contributed by atoms with van der Waals surface area (Å²) in [7, 11) is 3.42. The summed E-state index contributed by atoms with van der Waals surface area (Å²) in [5.41, 5.74) is 3.50. The quantitative estimate of drug-likeness (QED) is 0.432. The highest BCUT2D eigenvalue weighted by molar-refractivity contribution is 7.98. The Morgan fingerprint density at radius 2 is 1.73 bits per heavy atom. The van der Waals surface area contributed by atoms with Gasteiger partial charge in [-0.3, -0.25) is 4.57 Å². The van der Waals surface area contributed by atoms with Gasteiger partial charge in [-0.25, -0.2) is 0 Å². The van der Waals surface area contributed by atoms with Crippen LogP contribution in [0.5, 0.6) is 11.5 Å². The summed E-state index contributed by atoms with van der Waals surface area (Å²) in [5, 5.41) is 10.2.